The summed E-state index contributed by atoms with van der Waals surface area (Å²) < 4.78 is 39.1. The normalized spacial score (nSPS) is 22.1. The molecule has 0 saturated heterocycles. The molecule has 0 spiro atoms. The second-order valence-corrected chi connectivity index (χ2v) is 9.45. The third-order valence-electron chi connectivity index (χ3n) is 6.09. The van der Waals surface area contributed by atoms with Crippen LogP contribution in [0.5, 0.6) is 17.2 Å². The lowest BCUT2D eigenvalue weighted by atomic mass is 9.73. The zero-order valence-electron chi connectivity index (χ0n) is 16.9. The van der Waals surface area contributed by atoms with Crippen LogP contribution in [0.2, 0.25) is 0 Å². The topological polar surface area (TPSA) is 176 Å². The number of carbonyl (C=O) groups is 3. The predicted molar refractivity (Wildman–Crippen MR) is 108 cm³/mol. The third-order valence-corrected chi connectivity index (χ3v) is 7.21. The first-order chi connectivity index (χ1) is 14.8. The SMILES string of the molecule is COc1cccc2c1C(=O)c1c(O)c3c(c(O)c1C2=O)C[C@](O)(C(C)=O)C[C@H]3S(=O)(=O)O. The Hall–Kier alpha value is -3.28. The third kappa shape index (κ3) is 2.85. The Labute approximate surface area is 181 Å². The molecule has 4 N–H and O–H groups in total. The molecule has 0 fully saturated rings. The number of Topliss-reactive ketones (excluding diaryl/α,β-unsaturated/α-hetero) is 1. The van der Waals surface area contributed by atoms with Crippen molar-refractivity contribution < 1.29 is 47.4 Å². The molecule has 32 heavy (non-hydrogen) atoms. The molecular formula is C21H18O10S. The van der Waals surface area contributed by atoms with E-state index < -0.39 is 84.9 Å². The van der Waals surface area contributed by atoms with Gasteiger partial charge >= 0.3 is 0 Å². The second-order valence-electron chi connectivity index (χ2n) is 7.85. The zero-order chi connectivity index (χ0) is 23.7. The summed E-state index contributed by atoms with van der Waals surface area (Å²) in [6.07, 6.45) is -1.45. The number of phenolic OH excluding ortho intramolecular Hbond substituents is 2. The first kappa shape index (κ1) is 21.9. The largest absolute Gasteiger partial charge is 0.507 e. The fraction of sp³-hybridized carbons (Fsp3) is 0.286. The van der Waals surface area contributed by atoms with Crippen LogP contribution in [0.15, 0.2) is 18.2 Å². The van der Waals surface area contributed by atoms with Crippen molar-refractivity contribution in [1.29, 1.82) is 0 Å². The van der Waals surface area contributed by atoms with Crippen LogP contribution < -0.4 is 4.74 Å². The van der Waals surface area contributed by atoms with Gasteiger partial charge in [0, 0.05) is 29.5 Å². The summed E-state index contributed by atoms with van der Waals surface area (Å²) in [5.41, 5.74) is -4.79. The van der Waals surface area contributed by atoms with E-state index in [-0.39, 0.29) is 16.9 Å². The van der Waals surface area contributed by atoms with E-state index in [4.69, 9.17) is 4.74 Å². The molecule has 0 amide bonds. The number of rotatable bonds is 3. The van der Waals surface area contributed by atoms with Crippen molar-refractivity contribution in [1.82, 2.24) is 0 Å². The molecule has 0 saturated carbocycles. The molecule has 0 aromatic heterocycles. The number of carbonyl (C=O) groups excluding carboxylic acids is 3. The Morgan fingerprint density at radius 3 is 2.28 bits per heavy atom. The molecule has 2 atom stereocenters. The number of aliphatic hydroxyl groups is 1. The molecule has 0 heterocycles. The van der Waals surface area contributed by atoms with Crippen LogP contribution in [-0.2, 0) is 21.3 Å². The molecule has 11 heteroatoms. The highest BCUT2D eigenvalue weighted by Crippen LogP contribution is 2.52. The zero-order valence-corrected chi connectivity index (χ0v) is 17.7. The smallest absolute Gasteiger partial charge is 0.272 e. The lowest BCUT2D eigenvalue weighted by Crippen LogP contribution is -2.45. The molecule has 2 aliphatic carbocycles. The van der Waals surface area contributed by atoms with Crippen LogP contribution in [0.25, 0.3) is 0 Å². The van der Waals surface area contributed by atoms with Gasteiger partial charge < -0.3 is 20.1 Å². The highest BCUT2D eigenvalue weighted by atomic mass is 32.2. The molecule has 0 bridgehead atoms. The molecule has 0 unspecified atom stereocenters. The summed E-state index contributed by atoms with van der Waals surface area (Å²) in [5.74, 6) is -4.34. The summed E-state index contributed by atoms with van der Waals surface area (Å²) in [6.45, 7) is 0.999. The van der Waals surface area contributed by atoms with Crippen molar-refractivity contribution in [2.45, 2.75) is 30.6 Å². The van der Waals surface area contributed by atoms with Crippen molar-refractivity contribution >= 4 is 27.5 Å². The first-order valence-corrected chi connectivity index (χ1v) is 10.9. The number of hydrogen-bond acceptors (Lipinski definition) is 9. The van der Waals surface area contributed by atoms with Gasteiger partial charge in [-0.2, -0.15) is 8.42 Å². The van der Waals surface area contributed by atoms with Crippen molar-refractivity contribution in [3.63, 3.8) is 0 Å². The molecule has 0 radical (unpaired) electrons. The predicted octanol–water partition coefficient (Wildman–Crippen LogP) is 1.08. The van der Waals surface area contributed by atoms with Crippen molar-refractivity contribution in [2.24, 2.45) is 0 Å². The van der Waals surface area contributed by atoms with Crippen LogP contribution in [-0.4, -0.2) is 58.4 Å². The number of fused-ring (bicyclic) bond motifs is 3. The van der Waals surface area contributed by atoms with Gasteiger partial charge in [-0.1, -0.05) is 12.1 Å². The molecule has 2 aliphatic rings. The average molecular weight is 462 g/mol. The fourth-order valence-electron chi connectivity index (χ4n) is 4.44. The number of aromatic hydroxyl groups is 2. The van der Waals surface area contributed by atoms with E-state index in [0.29, 0.717) is 0 Å². The van der Waals surface area contributed by atoms with Gasteiger partial charge in [0.15, 0.2) is 11.6 Å². The Morgan fingerprint density at radius 1 is 1.09 bits per heavy atom. The van der Waals surface area contributed by atoms with E-state index in [0.717, 1.165) is 6.92 Å². The van der Waals surface area contributed by atoms with E-state index in [2.05, 4.69) is 0 Å². The number of phenols is 2. The minimum Gasteiger partial charge on any atom is -0.507 e. The minimum atomic E-state index is -5.02. The summed E-state index contributed by atoms with van der Waals surface area (Å²) >= 11 is 0. The molecule has 0 aliphatic heterocycles. The molecule has 2 aromatic carbocycles. The number of ether oxygens (including phenoxy) is 1. The number of ketones is 3. The van der Waals surface area contributed by atoms with E-state index in [1.165, 1.54) is 25.3 Å². The second kappa shape index (κ2) is 6.86. The van der Waals surface area contributed by atoms with Gasteiger partial charge in [-0.05, 0) is 13.0 Å². The van der Waals surface area contributed by atoms with Crippen molar-refractivity contribution in [3.05, 3.63) is 51.6 Å². The van der Waals surface area contributed by atoms with Gasteiger partial charge in [0.05, 0.1) is 23.8 Å². The maximum atomic E-state index is 13.3. The van der Waals surface area contributed by atoms with Gasteiger partial charge in [-0.15, -0.1) is 0 Å². The number of benzene rings is 2. The lowest BCUT2D eigenvalue weighted by Gasteiger charge is -2.37. The highest BCUT2D eigenvalue weighted by molar-refractivity contribution is 7.86. The van der Waals surface area contributed by atoms with Crippen molar-refractivity contribution in [3.8, 4) is 17.2 Å². The Bertz CT molecular complexity index is 1340. The molecule has 2 aromatic rings. The van der Waals surface area contributed by atoms with Crippen LogP contribution in [0.1, 0.15) is 61.6 Å². The minimum absolute atomic E-state index is 0.0281. The Balaban J connectivity index is 2.11. The highest BCUT2D eigenvalue weighted by Gasteiger charge is 2.50. The van der Waals surface area contributed by atoms with Gasteiger partial charge in [0.2, 0.25) is 5.78 Å². The van der Waals surface area contributed by atoms with E-state index in [9.17, 15) is 42.7 Å². The standard InChI is InChI=1S/C21H18O10S/c1-8(22)21(27)6-10-14(12(7-21)32(28,29)30)20(26)16-15(18(10)24)17(23)9-4-3-5-11(31-2)13(9)19(16)25/h3-5,12,24,26-27H,6-7H2,1-2H3,(H,28,29,30)/t12-,21-/m1/s1. The molecule has 4 rings (SSSR count). The van der Waals surface area contributed by atoms with Crippen LogP contribution in [0.3, 0.4) is 0 Å². The summed E-state index contributed by atoms with van der Waals surface area (Å²) in [4.78, 5) is 38.5. The number of hydrogen-bond donors (Lipinski definition) is 4. The van der Waals surface area contributed by atoms with Crippen molar-refractivity contribution in [2.75, 3.05) is 7.11 Å². The Morgan fingerprint density at radius 2 is 1.72 bits per heavy atom. The molecule has 10 nitrogen and oxygen atoms in total. The molecule has 168 valence electrons. The van der Waals surface area contributed by atoms with E-state index in [1.54, 1.807) is 0 Å². The fourth-order valence-corrected chi connectivity index (χ4v) is 5.48. The first-order valence-electron chi connectivity index (χ1n) is 9.40. The van der Waals surface area contributed by atoms with Gasteiger partial charge in [0.25, 0.3) is 10.1 Å². The summed E-state index contributed by atoms with van der Waals surface area (Å²) in [5, 5.41) is 30.6. The van der Waals surface area contributed by atoms with Gasteiger partial charge in [-0.25, -0.2) is 0 Å². The monoisotopic (exact) mass is 462 g/mol. The van der Waals surface area contributed by atoms with Crippen LogP contribution >= 0.6 is 0 Å². The van der Waals surface area contributed by atoms with Crippen LogP contribution in [0, 0.1) is 0 Å². The van der Waals surface area contributed by atoms with Crippen LogP contribution in [0.4, 0.5) is 0 Å². The van der Waals surface area contributed by atoms with Gasteiger partial charge in [0.1, 0.15) is 28.1 Å². The number of methoxy groups -OCH3 is 1. The van der Waals surface area contributed by atoms with Gasteiger partial charge in [-0.3, -0.25) is 18.9 Å². The quantitative estimate of drug-likeness (QED) is 0.325. The average Bonchev–Trinajstić information content (AvgIpc) is 2.72. The maximum absolute atomic E-state index is 13.3. The Kier molecular flexibility index (Phi) is 4.70. The summed E-state index contributed by atoms with van der Waals surface area (Å²) in [7, 11) is -3.75. The summed E-state index contributed by atoms with van der Waals surface area (Å²) in [6, 6.07) is 4.19. The van der Waals surface area contributed by atoms with E-state index >= 15 is 0 Å². The van der Waals surface area contributed by atoms with E-state index in [1.807, 2.05) is 0 Å². The lowest BCUT2D eigenvalue weighted by molar-refractivity contribution is -0.136. The molecular weight excluding hydrogens is 444 g/mol. The maximum Gasteiger partial charge on any atom is 0.272 e.